The zero-order valence-corrected chi connectivity index (χ0v) is 15.4. The summed E-state index contributed by atoms with van der Waals surface area (Å²) < 4.78 is 22.0. The maximum absolute atomic E-state index is 12.6. The molecule has 0 aliphatic heterocycles. The molecule has 0 aliphatic rings. The molecule has 134 valence electrons. The van der Waals surface area contributed by atoms with Crippen molar-refractivity contribution in [2.45, 2.75) is 6.92 Å². The van der Waals surface area contributed by atoms with Crippen LogP contribution >= 0.6 is 15.9 Å². The predicted molar refractivity (Wildman–Crippen MR) is 98.8 cm³/mol. The second-order valence-corrected chi connectivity index (χ2v) is 6.07. The number of benzene rings is 2. The molecule has 7 heteroatoms. The lowest BCUT2D eigenvalue weighted by Crippen LogP contribution is -2.14. The lowest BCUT2D eigenvalue weighted by Gasteiger charge is -2.08. The Morgan fingerprint density at radius 2 is 1.96 bits per heavy atom. The number of ether oxygens (including phenoxy) is 3. The first-order valence-corrected chi connectivity index (χ1v) is 8.64. The zero-order chi connectivity index (χ0) is 18.5. The fourth-order valence-corrected chi connectivity index (χ4v) is 2.61. The van der Waals surface area contributed by atoms with Crippen LogP contribution in [0.2, 0.25) is 0 Å². The number of fused-ring (bicyclic) bond motifs is 1. The van der Waals surface area contributed by atoms with Crippen LogP contribution in [0.4, 0.5) is 0 Å². The summed E-state index contributed by atoms with van der Waals surface area (Å²) in [5.41, 5.74) is 0.0229. The first-order chi connectivity index (χ1) is 12.6. The van der Waals surface area contributed by atoms with E-state index in [1.54, 1.807) is 31.2 Å². The Labute approximate surface area is 157 Å². The summed E-state index contributed by atoms with van der Waals surface area (Å²) in [4.78, 5) is 23.9. The average molecular weight is 419 g/mol. The van der Waals surface area contributed by atoms with Gasteiger partial charge in [0, 0.05) is 6.07 Å². The molecule has 0 fully saturated rings. The average Bonchev–Trinajstić information content (AvgIpc) is 2.64. The maximum Gasteiger partial charge on any atom is 0.344 e. The number of carbonyl (C=O) groups excluding carboxylic acids is 1. The molecule has 0 atom stereocenters. The monoisotopic (exact) mass is 418 g/mol. The molecule has 0 radical (unpaired) electrons. The second kappa shape index (κ2) is 8.05. The number of hydrogen-bond acceptors (Lipinski definition) is 6. The van der Waals surface area contributed by atoms with Crippen molar-refractivity contribution in [2.24, 2.45) is 0 Å². The molecule has 1 aromatic heterocycles. The van der Waals surface area contributed by atoms with E-state index in [4.69, 9.17) is 18.6 Å². The van der Waals surface area contributed by atoms with E-state index in [1.807, 2.05) is 12.1 Å². The van der Waals surface area contributed by atoms with E-state index in [0.29, 0.717) is 22.5 Å². The molecule has 0 saturated carbocycles. The molecule has 0 unspecified atom stereocenters. The van der Waals surface area contributed by atoms with E-state index < -0.39 is 5.97 Å². The van der Waals surface area contributed by atoms with Gasteiger partial charge in [0.1, 0.15) is 23.3 Å². The Morgan fingerprint density at radius 3 is 2.73 bits per heavy atom. The lowest BCUT2D eigenvalue weighted by molar-refractivity contribution is -0.145. The Balaban J connectivity index is 1.84. The Morgan fingerprint density at radius 1 is 1.15 bits per heavy atom. The van der Waals surface area contributed by atoms with Crippen molar-refractivity contribution in [2.75, 3.05) is 13.2 Å². The van der Waals surface area contributed by atoms with Crippen molar-refractivity contribution in [3.63, 3.8) is 0 Å². The third kappa shape index (κ3) is 4.05. The number of hydrogen-bond donors (Lipinski definition) is 0. The molecule has 0 bridgehead atoms. The highest BCUT2D eigenvalue weighted by Gasteiger charge is 2.12. The van der Waals surface area contributed by atoms with E-state index in [0.717, 1.165) is 4.47 Å². The quantitative estimate of drug-likeness (QED) is 0.555. The van der Waals surface area contributed by atoms with E-state index in [1.165, 1.54) is 12.3 Å². The molecule has 0 amide bonds. The van der Waals surface area contributed by atoms with Gasteiger partial charge in [-0.1, -0.05) is 12.1 Å². The van der Waals surface area contributed by atoms with Gasteiger partial charge in [0.05, 0.1) is 16.5 Å². The highest BCUT2D eigenvalue weighted by atomic mass is 79.9. The largest absolute Gasteiger partial charge is 0.482 e. The first-order valence-electron chi connectivity index (χ1n) is 7.85. The van der Waals surface area contributed by atoms with E-state index in [-0.39, 0.29) is 24.4 Å². The third-order valence-corrected chi connectivity index (χ3v) is 4.09. The van der Waals surface area contributed by atoms with Crippen LogP contribution in [-0.2, 0) is 9.53 Å². The van der Waals surface area contributed by atoms with Crippen LogP contribution in [0.1, 0.15) is 6.92 Å². The number of esters is 1. The maximum atomic E-state index is 12.6. The Bertz CT molecular complexity index is 995. The molecular formula is C19H15BrO6. The van der Waals surface area contributed by atoms with Crippen molar-refractivity contribution in [3.8, 4) is 17.2 Å². The summed E-state index contributed by atoms with van der Waals surface area (Å²) in [7, 11) is 0. The summed E-state index contributed by atoms with van der Waals surface area (Å²) in [5.74, 6) is 0.512. The molecule has 3 aromatic rings. The van der Waals surface area contributed by atoms with Gasteiger partial charge < -0.3 is 18.6 Å². The van der Waals surface area contributed by atoms with Crippen LogP contribution in [0.3, 0.4) is 0 Å². The predicted octanol–water partition coefficient (Wildman–Crippen LogP) is 4.29. The van der Waals surface area contributed by atoms with Gasteiger partial charge in [-0.3, -0.25) is 4.79 Å². The van der Waals surface area contributed by atoms with Crippen LogP contribution in [0.15, 0.2) is 62.4 Å². The minimum absolute atomic E-state index is 0.0737. The smallest absolute Gasteiger partial charge is 0.344 e. The fraction of sp³-hybridized carbons (Fsp3) is 0.158. The van der Waals surface area contributed by atoms with Crippen molar-refractivity contribution in [1.82, 2.24) is 0 Å². The van der Waals surface area contributed by atoms with Gasteiger partial charge in [0.25, 0.3) is 0 Å². The molecule has 3 rings (SSSR count). The molecule has 0 spiro atoms. The standard InChI is InChI=1S/C19H15BrO6/c1-2-23-18(21)11-24-12-7-8-13-16(9-12)25-10-17(19(13)22)26-15-6-4-3-5-14(15)20/h3-10H,2,11H2,1H3. The Hall–Kier alpha value is -2.80. The van der Waals surface area contributed by atoms with E-state index in [2.05, 4.69) is 15.9 Å². The highest BCUT2D eigenvalue weighted by molar-refractivity contribution is 9.10. The van der Waals surface area contributed by atoms with Gasteiger partial charge in [0.15, 0.2) is 6.61 Å². The minimum atomic E-state index is -0.466. The van der Waals surface area contributed by atoms with Crippen LogP contribution in [-0.4, -0.2) is 19.2 Å². The minimum Gasteiger partial charge on any atom is -0.482 e. The summed E-state index contributed by atoms with van der Waals surface area (Å²) in [6, 6.07) is 11.9. The van der Waals surface area contributed by atoms with Crippen molar-refractivity contribution >= 4 is 32.9 Å². The van der Waals surface area contributed by atoms with Crippen LogP contribution in [0.5, 0.6) is 17.2 Å². The first kappa shape index (κ1) is 18.0. The Kier molecular flexibility index (Phi) is 5.58. The van der Waals surface area contributed by atoms with Crippen molar-refractivity contribution < 1.29 is 23.4 Å². The number of carbonyl (C=O) groups is 1. The van der Waals surface area contributed by atoms with Gasteiger partial charge in [-0.25, -0.2) is 4.79 Å². The summed E-state index contributed by atoms with van der Waals surface area (Å²) in [6.07, 6.45) is 1.25. The van der Waals surface area contributed by atoms with Crippen LogP contribution < -0.4 is 14.9 Å². The van der Waals surface area contributed by atoms with Crippen molar-refractivity contribution in [1.29, 1.82) is 0 Å². The summed E-state index contributed by atoms with van der Waals surface area (Å²) in [5, 5.41) is 0.345. The van der Waals surface area contributed by atoms with Gasteiger partial charge in [-0.2, -0.15) is 0 Å². The second-order valence-electron chi connectivity index (χ2n) is 5.21. The van der Waals surface area contributed by atoms with Gasteiger partial charge in [0.2, 0.25) is 11.2 Å². The fourth-order valence-electron chi connectivity index (χ4n) is 2.24. The summed E-state index contributed by atoms with van der Waals surface area (Å²) in [6.45, 7) is 1.79. The van der Waals surface area contributed by atoms with Gasteiger partial charge in [-0.15, -0.1) is 0 Å². The van der Waals surface area contributed by atoms with E-state index >= 15 is 0 Å². The number of rotatable bonds is 6. The lowest BCUT2D eigenvalue weighted by atomic mass is 10.2. The highest BCUT2D eigenvalue weighted by Crippen LogP contribution is 2.29. The molecular weight excluding hydrogens is 404 g/mol. The van der Waals surface area contributed by atoms with Crippen LogP contribution in [0.25, 0.3) is 11.0 Å². The molecule has 0 aliphatic carbocycles. The number of halogens is 1. The molecule has 0 saturated heterocycles. The van der Waals surface area contributed by atoms with Crippen molar-refractivity contribution in [3.05, 3.63) is 63.4 Å². The topological polar surface area (TPSA) is 75.0 Å². The molecule has 26 heavy (non-hydrogen) atoms. The van der Waals surface area contributed by atoms with Gasteiger partial charge >= 0.3 is 5.97 Å². The van der Waals surface area contributed by atoms with Crippen LogP contribution in [0, 0.1) is 0 Å². The SMILES string of the molecule is CCOC(=O)COc1ccc2c(=O)c(Oc3ccccc3Br)coc2c1. The van der Waals surface area contributed by atoms with E-state index in [9.17, 15) is 9.59 Å². The summed E-state index contributed by atoms with van der Waals surface area (Å²) >= 11 is 3.37. The zero-order valence-electron chi connectivity index (χ0n) is 13.9. The third-order valence-electron chi connectivity index (χ3n) is 3.43. The normalized spacial score (nSPS) is 10.5. The molecule has 6 nitrogen and oxygen atoms in total. The molecule has 2 aromatic carbocycles. The molecule has 0 N–H and O–H groups in total. The van der Waals surface area contributed by atoms with Gasteiger partial charge in [-0.05, 0) is 47.1 Å². The molecule has 1 heterocycles. The number of para-hydroxylation sites is 1.